The summed E-state index contributed by atoms with van der Waals surface area (Å²) in [6.07, 6.45) is -4.90. The number of hydrogen-bond acceptors (Lipinski definition) is 10. The molecule has 1 saturated carbocycles. The maximum absolute atomic E-state index is 17.1. The van der Waals surface area contributed by atoms with Crippen molar-refractivity contribution < 1.29 is 45.0 Å². The molecule has 18 heteroatoms. The van der Waals surface area contributed by atoms with Gasteiger partial charge in [0.1, 0.15) is 40.7 Å². The van der Waals surface area contributed by atoms with Crippen LogP contribution in [0.5, 0.6) is 6.01 Å². The van der Waals surface area contributed by atoms with Gasteiger partial charge >= 0.3 is 12.2 Å². The number of nitriles is 1. The molecule has 1 amide bonds. The fourth-order valence-corrected chi connectivity index (χ4v) is 8.46. The maximum Gasteiger partial charge on any atom is 0.417 e. The summed E-state index contributed by atoms with van der Waals surface area (Å²) in [6.45, 7) is 2.59. The van der Waals surface area contributed by atoms with Gasteiger partial charge in [0.25, 0.3) is 5.92 Å². The Hall–Kier alpha value is -4.47. The van der Waals surface area contributed by atoms with Gasteiger partial charge in [-0.2, -0.15) is 28.4 Å². The van der Waals surface area contributed by atoms with Crippen LogP contribution < -0.4 is 15.4 Å². The maximum atomic E-state index is 17.1. The molecule has 282 valence electrons. The first-order valence-electron chi connectivity index (χ1n) is 16.9. The summed E-state index contributed by atoms with van der Waals surface area (Å²) < 4.78 is 116. The molecule has 2 aliphatic heterocycles. The summed E-state index contributed by atoms with van der Waals surface area (Å²) in [5.74, 6) is -7.58. The monoisotopic (exact) mass is 765 g/mol. The van der Waals surface area contributed by atoms with Gasteiger partial charge in [0, 0.05) is 68.1 Å². The number of likely N-dealkylation sites (N-methyl/N-ethyl adjacent to an activating group) is 2. The van der Waals surface area contributed by atoms with Crippen molar-refractivity contribution in [3.05, 3.63) is 41.0 Å². The van der Waals surface area contributed by atoms with E-state index in [0.29, 0.717) is 30.4 Å². The van der Waals surface area contributed by atoms with Crippen LogP contribution in [0.3, 0.4) is 0 Å². The number of anilines is 2. The quantitative estimate of drug-likeness (QED) is 0.192. The molecule has 4 heterocycles. The number of likely N-dealkylation sites (tertiary alicyclic amines) is 2. The number of carbonyl (C=O) groups excluding carboxylic acids is 1. The minimum Gasteiger partial charge on any atom is -0.462 e. The highest BCUT2D eigenvalue weighted by Gasteiger charge is 2.62. The fourth-order valence-electron chi connectivity index (χ4n) is 7.51. The Morgan fingerprint density at radius 2 is 1.96 bits per heavy atom. The standard InChI is InChI=1S/C35H34F7N7O3S/c1-4-49(16-7-8-48(13-16)32(50)23-11-34(23,38)39)31-20-10-22(35(40,41)42)26(19-5-6-24(36)29-25(19)21(12-43)30(44)53-29)27(37)28(20)45-33(46-31)52-15-17-9-18(51-3)14-47(17)2/h5-6,10,16-18,23H,4,7-9,11,13-15,44H2,1-3H3. The van der Waals surface area contributed by atoms with Crippen LogP contribution in [0.1, 0.15) is 37.3 Å². The molecule has 0 radical (unpaired) electrons. The number of amides is 1. The number of nitrogens with zero attached hydrogens (tertiary/aromatic N) is 6. The number of ether oxygens (including phenoxy) is 2. The molecule has 4 atom stereocenters. The van der Waals surface area contributed by atoms with Crippen LogP contribution in [0, 0.1) is 28.9 Å². The highest BCUT2D eigenvalue weighted by atomic mass is 32.1. The van der Waals surface area contributed by atoms with Crippen LogP contribution in [0.2, 0.25) is 0 Å². The number of benzene rings is 2. The first kappa shape index (κ1) is 36.9. The molecule has 3 fully saturated rings. The molecule has 7 rings (SSSR count). The molecule has 2 saturated heterocycles. The molecule has 10 nitrogen and oxygen atoms in total. The Morgan fingerprint density at radius 1 is 1.23 bits per heavy atom. The van der Waals surface area contributed by atoms with Crippen molar-refractivity contribution in [2.45, 2.75) is 56.5 Å². The Bertz CT molecular complexity index is 2160. The zero-order valence-electron chi connectivity index (χ0n) is 28.7. The van der Waals surface area contributed by atoms with Crippen LogP contribution in [0.4, 0.5) is 41.6 Å². The zero-order valence-corrected chi connectivity index (χ0v) is 29.6. The first-order valence-corrected chi connectivity index (χ1v) is 17.7. The van der Waals surface area contributed by atoms with Gasteiger partial charge in [0.2, 0.25) is 5.91 Å². The van der Waals surface area contributed by atoms with Crippen LogP contribution in [0.25, 0.3) is 32.1 Å². The average Bonchev–Trinajstić information content (AvgIpc) is 3.47. The molecule has 2 aromatic carbocycles. The van der Waals surface area contributed by atoms with Gasteiger partial charge in [0.15, 0.2) is 5.82 Å². The molecule has 4 aromatic rings. The Kier molecular flexibility index (Phi) is 9.34. The number of methoxy groups -OCH3 is 1. The molecular weight excluding hydrogens is 731 g/mol. The lowest BCUT2D eigenvalue weighted by atomic mass is 9.92. The van der Waals surface area contributed by atoms with Crippen LogP contribution in [0.15, 0.2) is 18.2 Å². The van der Waals surface area contributed by atoms with Gasteiger partial charge in [-0.25, -0.2) is 17.6 Å². The van der Waals surface area contributed by atoms with E-state index in [0.717, 1.165) is 12.1 Å². The normalized spacial score (nSPS) is 22.8. The molecule has 3 aliphatic rings. The van der Waals surface area contributed by atoms with E-state index in [1.807, 2.05) is 11.9 Å². The second kappa shape index (κ2) is 13.4. The van der Waals surface area contributed by atoms with Gasteiger partial charge in [-0.15, -0.1) is 11.3 Å². The number of thiophene rings is 1. The van der Waals surface area contributed by atoms with Gasteiger partial charge in [-0.05, 0) is 44.5 Å². The smallest absolute Gasteiger partial charge is 0.417 e. The first-order chi connectivity index (χ1) is 25.1. The number of hydrogen-bond donors (Lipinski definition) is 1. The number of rotatable bonds is 9. The highest BCUT2D eigenvalue weighted by molar-refractivity contribution is 7.23. The molecular formula is C35H34F7N7O3S. The topological polar surface area (TPSA) is 121 Å². The third-order valence-electron chi connectivity index (χ3n) is 10.4. The SMILES string of the molecule is CCN(c1nc(OCC2CC(OC)CN2C)nc2c(F)c(-c3ccc(F)c4sc(N)c(C#N)c34)c(C(F)(F)F)cc12)C1CCN(C(=O)C2CC2(F)F)C1. The third kappa shape index (κ3) is 6.46. The number of fused-ring (bicyclic) bond motifs is 2. The van der Waals surface area contributed by atoms with Crippen molar-refractivity contribution in [2.75, 3.05) is 57.6 Å². The van der Waals surface area contributed by atoms with Gasteiger partial charge in [0.05, 0.1) is 21.9 Å². The highest BCUT2D eigenvalue weighted by Crippen LogP contribution is 2.51. The Morgan fingerprint density at radius 3 is 2.58 bits per heavy atom. The lowest BCUT2D eigenvalue weighted by Crippen LogP contribution is -2.40. The van der Waals surface area contributed by atoms with Crippen LogP contribution >= 0.6 is 11.3 Å². The summed E-state index contributed by atoms with van der Waals surface area (Å²) in [4.78, 5) is 26.5. The van der Waals surface area contributed by atoms with Crippen molar-refractivity contribution in [3.63, 3.8) is 0 Å². The summed E-state index contributed by atoms with van der Waals surface area (Å²) in [5.41, 5.74) is 2.31. The van der Waals surface area contributed by atoms with E-state index >= 15 is 17.6 Å². The number of nitrogen functional groups attached to an aromatic ring is 1. The predicted molar refractivity (Wildman–Crippen MR) is 183 cm³/mol. The fraction of sp³-hybridized carbons (Fsp3) is 0.486. The number of alkyl halides is 5. The summed E-state index contributed by atoms with van der Waals surface area (Å²) in [5, 5.41) is 9.09. The molecule has 0 bridgehead atoms. The molecule has 2 aromatic heterocycles. The van der Waals surface area contributed by atoms with Crippen LogP contribution in [-0.4, -0.2) is 96.7 Å². The van der Waals surface area contributed by atoms with Gasteiger partial charge < -0.3 is 25.0 Å². The minimum absolute atomic E-state index is 0.0109. The zero-order chi connectivity index (χ0) is 38.1. The summed E-state index contributed by atoms with van der Waals surface area (Å²) >= 11 is 0.657. The van der Waals surface area contributed by atoms with E-state index < -0.39 is 70.2 Å². The summed E-state index contributed by atoms with van der Waals surface area (Å²) in [7, 11) is 3.45. The van der Waals surface area contributed by atoms with Crippen LogP contribution in [-0.2, 0) is 15.7 Å². The largest absolute Gasteiger partial charge is 0.462 e. The molecule has 4 unspecified atom stereocenters. The van der Waals surface area contributed by atoms with E-state index in [9.17, 15) is 23.2 Å². The van der Waals surface area contributed by atoms with Crippen molar-refractivity contribution in [1.82, 2.24) is 19.8 Å². The molecule has 2 N–H and O–H groups in total. The van der Waals surface area contributed by atoms with Gasteiger partial charge in [-0.1, -0.05) is 6.07 Å². The third-order valence-corrected chi connectivity index (χ3v) is 11.5. The number of carbonyl (C=O) groups is 1. The van der Waals surface area contributed by atoms with E-state index in [-0.39, 0.29) is 82.7 Å². The Labute approximate surface area is 302 Å². The lowest BCUT2D eigenvalue weighted by Gasteiger charge is -2.30. The second-order valence-corrected chi connectivity index (χ2v) is 14.7. The Balaban J connectivity index is 1.40. The molecule has 0 spiro atoms. The average molecular weight is 766 g/mol. The number of halogens is 7. The second-order valence-electron chi connectivity index (χ2n) is 13.6. The van der Waals surface area contributed by atoms with Gasteiger partial charge in [-0.3, -0.25) is 9.69 Å². The molecule has 53 heavy (non-hydrogen) atoms. The molecule has 1 aliphatic carbocycles. The van der Waals surface area contributed by atoms with Crippen molar-refractivity contribution in [1.29, 1.82) is 5.26 Å². The summed E-state index contributed by atoms with van der Waals surface area (Å²) in [6, 6.07) is 3.29. The van der Waals surface area contributed by atoms with Crippen molar-refractivity contribution in [2.24, 2.45) is 5.92 Å². The number of aromatic nitrogens is 2. The minimum atomic E-state index is -5.17. The number of nitrogens with two attached hydrogens (primary N) is 1. The van der Waals surface area contributed by atoms with E-state index in [1.54, 1.807) is 25.0 Å². The van der Waals surface area contributed by atoms with E-state index in [2.05, 4.69) is 9.97 Å². The van der Waals surface area contributed by atoms with E-state index in [1.165, 1.54) is 4.90 Å². The predicted octanol–water partition coefficient (Wildman–Crippen LogP) is 6.44. The lowest BCUT2D eigenvalue weighted by molar-refractivity contribution is -0.137. The van der Waals surface area contributed by atoms with Crippen molar-refractivity contribution in [3.8, 4) is 23.2 Å². The van der Waals surface area contributed by atoms with Crippen molar-refractivity contribution >= 4 is 49.1 Å². The van der Waals surface area contributed by atoms with E-state index in [4.69, 9.17) is 15.2 Å².